The summed E-state index contributed by atoms with van der Waals surface area (Å²) in [5.74, 6) is 0.652. The van der Waals surface area contributed by atoms with Gasteiger partial charge in [0.05, 0.1) is 0 Å². The smallest absolute Gasteiger partial charge is 0.0369 e. The van der Waals surface area contributed by atoms with Crippen LogP contribution in [0, 0.1) is 11.8 Å². The minimum atomic E-state index is 0.305. The second-order valence-electron chi connectivity index (χ2n) is 2.95. The zero-order valence-electron chi connectivity index (χ0n) is 6.37. The van der Waals surface area contributed by atoms with Crippen molar-refractivity contribution in [1.82, 2.24) is 0 Å². The molecule has 0 amide bonds. The number of rotatable bonds is 1. The molecular weight excluding hydrogens is 191 g/mol. The van der Waals surface area contributed by atoms with Crippen LogP contribution in [0.2, 0.25) is 0 Å². The molecule has 0 N–H and O–H groups in total. The van der Waals surface area contributed by atoms with Gasteiger partial charge in [-0.1, -0.05) is 47.5 Å². The summed E-state index contributed by atoms with van der Waals surface area (Å²) >= 11 is 11.8. The Hall–Kier alpha value is -0.460. The van der Waals surface area contributed by atoms with E-state index in [1.807, 2.05) is 24.3 Å². The predicted octanol–water partition coefficient (Wildman–Crippen LogP) is 3.60. The van der Waals surface area contributed by atoms with Crippen molar-refractivity contribution in [1.29, 1.82) is 0 Å². The summed E-state index contributed by atoms with van der Waals surface area (Å²) in [5.41, 5.74) is 0. The molecule has 0 bridgehead atoms. The first-order valence-corrected chi connectivity index (χ1v) is 4.62. The second-order valence-corrected chi connectivity index (χ2v) is 3.82. The number of allylic oxidation sites excluding steroid dienone is 8. The molecule has 2 atom stereocenters. The van der Waals surface area contributed by atoms with E-state index in [1.54, 1.807) is 0 Å². The lowest BCUT2D eigenvalue weighted by Crippen LogP contribution is -2.04. The van der Waals surface area contributed by atoms with Crippen molar-refractivity contribution in [2.24, 2.45) is 11.8 Å². The van der Waals surface area contributed by atoms with Crippen LogP contribution >= 0.6 is 23.2 Å². The Morgan fingerprint density at radius 3 is 2.50 bits per heavy atom. The highest BCUT2D eigenvalue weighted by Crippen LogP contribution is 2.35. The van der Waals surface area contributed by atoms with Crippen molar-refractivity contribution in [3.63, 3.8) is 0 Å². The molecule has 0 saturated heterocycles. The summed E-state index contributed by atoms with van der Waals surface area (Å²) in [7, 11) is 0. The molecular formula is C10H8Cl2. The maximum atomic E-state index is 6.00. The van der Waals surface area contributed by atoms with E-state index < -0.39 is 0 Å². The summed E-state index contributed by atoms with van der Waals surface area (Å²) in [5, 5.41) is 1.71. The average molecular weight is 199 g/mol. The Morgan fingerprint density at radius 2 is 2.00 bits per heavy atom. The van der Waals surface area contributed by atoms with E-state index >= 15 is 0 Å². The average Bonchev–Trinajstić information content (AvgIpc) is 2.58. The summed E-state index contributed by atoms with van der Waals surface area (Å²) < 4.78 is 0. The van der Waals surface area contributed by atoms with Gasteiger partial charge in [-0.25, -0.2) is 0 Å². The van der Waals surface area contributed by atoms with Gasteiger partial charge >= 0.3 is 0 Å². The monoisotopic (exact) mass is 198 g/mol. The Kier molecular flexibility index (Phi) is 2.12. The summed E-state index contributed by atoms with van der Waals surface area (Å²) in [6.07, 6.45) is 12.0. The minimum Gasteiger partial charge on any atom is -0.0885 e. The zero-order valence-corrected chi connectivity index (χ0v) is 7.89. The fourth-order valence-electron chi connectivity index (χ4n) is 1.50. The van der Waals surface area contributed by atoms with Crippen molar-refractivity contribution in [3.05, 3.63) is 46.5 Å². The predicted molar refractivity (Wildman–Crippen MR) is 53.1 cm³/mol. The molecule has 0 aromatic rings. The molecule has 0 fully saturated rings. The summed E-state index contributed by atoms with van der Waals surface area (Å²) in [6, 6.07) is 0. The highest BCUT2D eigenvalue weighted by molar-refractivity contribution is 6.32. The van der Waals surface area contributed by atoms with Gasteiger partial charge in [0.1, 0.15) is 0 Å². The normalized spacial score (nSPS) is 32.5. The van der Waals surface area contributed by atoms with Gasteiger partial charge in [0.25, 0.3) is 0 Å². The van der Waals surface area contributed by atoms with Gasteiger partial charge in [-0.2, -0.15) is 0 Å². The summed E-state index contributed by atoms with van der Waals surface area (Å²) in [6.45, 7) is 0. The fraction of sp³-hybridized carbons (Fsp3) is 0.200. The first kappa shape index (κ1) is 8.15. The molecule has 0 heterocycles. The van der Waals surface area contributed by atoms with Crippen LogP contribution in [0.1, 0.15) is 0 Å². The van der Waals surface area contributed by atoms with Gasteiger partial charge in [0.2, 0.25) is 0 Å². The summed E-state index contributed by atoms with van der Waals surface area (Å²) in [4.78, 5) is 0. The highest BCUT2D eigenvalue weighted by Gasteiger charge is 2.22. The second kappa shape index (κ2) is 3.12. The molecule has 2 aliphatic rings. The quantitative estimate of drug-likeness (QED) is 0.605. The van der Waals surface area contributed by atoms with Crippen LogP contribution in [-0.2, 0) is 0 Å². The first-order chi connectivity index (χ1) is 5.77. The third-order valence-electron chi connectivity index (χ3n) is 2.14. The van der Waals surface area contributed by atoms with Gasteiger partial charge < -0.3 is 0 Å². The molecule has 0 radical (unpaired) electrons. The molecule has 2 aliphatic carbocycles. The zero-order chi connectivity index (χ0) is 8.55. The van der Waals surface area contributed by atoms with Crippen LogP contribution in [0.5, 0.6) is 0 Å². The van der Waals surface area contributed by atoms with Crippen LogP contribution in [0.3, 0.4) is 0 Å². The lowest BCUT2D eigenvalue weighted by molar-refractivity contribution is 0.680. The SMILES string of the molecule is ClC1=CC(C2C=CC=C2Cl)C=C1. The van der Waals surface area contributed by atoms with Gasteiger partial charge in [-0.15, -0.1) is 0 Å². The number of hydrogen-bond donors (Lipinski definition) is 0. The maximum absolute atomic E-state index is 6.00. The highest BCUT2D eigenvalue weighted by atomic mass is 35.5. The van der Waals surface area contributed by atoms with Crippen LogP contribution in [0.25, 0.3) is 0 Å². The van der Waals surface area contributed by atoms with E-state index in [0.29, 0.717) is 11.8 Å². The topological polar surface area (TPSA) is 0 Å². The van der Waals surface area contributed by atoms with Gasteiger partial charge in [0.15, 0.2) is 0 Å². The van der Waals surface area contributed by atoms with Crippen molar-refractivity contribution in [2.45, 2.75) is 0 Å². The van der Waals surface area contributed by atoms with Crippen LogP contribution in [0.15, 0.2) is 46.5 Å². The van der Waals surface area contributed by atoms with E-state index in [1.165, 1.54) is 0 Å². The van der Waals surface area contributed by atoms with E-state index in [2.05, 4.69) is 12.2 Å². The van der Waals surface area contributed by atoms with Crippen molar-refractivity contribution >= 4 is 23.2 Å². The largest absolute Gasteiger partial charge is 0.0885 e. The fourth-order valence-corrected chi connectivity index (χ4v) is 2.01. The number of hydrogen-bond acceptors (Lipinski definition) is 0. The minimum absolute atomic E-state index is 0.305. The number of halogens is 2. The van der Waals surface area contributed by atoms with E-state index in [0.717, 1.165) is 10.1 Å². The lowest BCUT2D eigenvalue weighted by Gasteiger charge is -2.12. The van der Waals surface area contributed by atoms with E-state index in [-0.39, 0.29) is 0 Å². The molecule has 62 valence electrons. The Labute approximate surface area is 81.9 Å². The van der Waals surface area contributed by atoms with Gasteiger partial charge in [-0.05, 0) is 12.2 Å². The third kappa shape index (κ3) is 1.37. The molecule has 0 aliphatic heterocycles. The first-order valence-electron chi connectivity index (χ1n) is 3.87. The standard InChI is InChI=1S/C10H8Cl2/c11-8-5-4-7(6-8)9-2-1-3-10(9)12/h1-7,9H. The molecule has 12 heavy (non-hydrogen) atoms. The Bertz CT molecular complexity index is 308. The molecule has 0 saturated carbocycles. The maximum Gasteiger partial charge on any atom is 0.0369 e. The molecule has 2 rings (SSSR count). The Morgan fingerprint density at radius 1 is 1.17 bits per heavy atom. The molecule has 2 unspecified atom stereocenters. The van der Waals surface area contributed by atoms with Crippen LogP contribution in [-0.4, -0.2) is 0 Å². The lowest BCUT2D eigenvalue weighted by atomic mass is 9.95. The van der Waals surface area contributed by atoms with E-state index in [4.69, 9.17) is 23.2 Å². The Balaban J connectivity index is 2.18. The third-order valence-corrected chi connectivity index (χ3v) is 2.77. The van der Waals surface area contributed by atoms with Gasteiger partial charge in [0, 0.05) is 21.9 Å². The van der Waals surface area contributed by atoms with Crippen LogP contribution in [0.4, 0.5) is 0 Å². The molecule has 0 nitrogen and oxygen atoms in total. The van der Waals surface area contributed by atoms with E-state index in [9.17, 15) is 0 Å². The molecule has 2 heteroatoms. The molecule has 0 spiro atoms. The van der Waals surface area contributed by atoms with Crippen molar-refractivity contribution < 1.29 is 0 Å². The van der Waals surface area contributed by atoms with Crippen molar-refractivity contribution in [2.75, 3.05) is 0 Å². The molecule has 0 aromatic heterocycles. The molecule has 0 aromatic carbocycles. The van der Waals surface area contributed by atoms with Crippen LogP contribution < -0.4 is 0 Å². The van der Waals surface area contributed by atoms with Crippen molar-refractivity contribution in [3.8, 4) is 0 Å². The van der Waals surface area contributed by atoms with Gasteiger partial charge in [-0.3, -0.25) is 0 Å².